The van der Waals surface area contributed by atoms with E-state index in [1.165, 1.54) is 20.1 Å². The zero-order chi connectivity index (χ0) is 19.1. The van der Waals surface area contributed by atoms with E-state index in [4.69, 9.17) is 4.74 Å². The SMILES string of the molecule is CCN(Cc1ccc(OC)c(F)c1)C(=O)c1ccc(CNC(C)=O)cc1. The molecule has 1 N–H and O–H groups in total. The van der Waals surface area contributed by atoms with Gasteiger partial charge in [0.25, 0.3) is 5.91 Å². The third-order valence-corrected chi connectivity index (χ3v) is 4.00. The van der Waals surface area contributed by atoms with Gasteiger partial charge in [-0.15, -0.1) is 0 Å². The summed E-state index contributed by atoms with van der Waals surface area (Å²) in [5.74, 6) is -0.502. The second-order valence-corrected chi connectivity index (χ2v) is 5.89. The normalized spacial score (nSPS) is 10.3. The van der Waals surface area contributed by atoms with Crippen molar-refractivity contribution in [1.29, 1.82) is 0 Å². The van der Waals surface area contributed by atoms with Crippen LogP contribution in [0.2, 0.25) is 0 Å². The summed E-state index contributed by atoms with van der Waals surface area (Å²) < 4.78 is 18.8. The summed E-state index contributed by atoms with van der Waals surface area (Å²) in [4.78, 5) is 25.3. The van der Waals surface area contributed by atoms with Gasteiger partial charge in [-0.1, -0.05) is 18.2 Å². The minimum atomic E-state index is -0.448. The van der Waals surface area contributed by atoms with Crippen molar-refractivity contribution >= 4 is 11.8 Å². The van der Waals surface area contributed by atoms with Crippen LogP contribution in [0.4, 0.5) is 4.39 Å². The Labute approximate surface area is 152 Å². The van der Waals surface area contributed by atoms with Crippen molar-refractivity contribution in [2.75, 3.05) is 13.7 Å². The van der Waals surface area contributed by atoms with Crippen LogP contribution < -0.4 is 10.1 Å². The largest absolute Gasteiger partial charge is 0.494 e. The number of benzene rings is 2. The summed E-state index contributed by atoms with van der Waals surface area (Å²) in [5.41, 5.74) is 2.16. The molecule has 2 aromatic carbocycles. The molecular weight excluding hydrogens is 335 g/mol. The number of halogens is 1. The highest BCUT2D eigenvalue weighted by Crippen LogP contribution is 2.19. The minimum absolute atomic E-state index is 0.103. The van der Waals surface area contributed by atoms with Gasteiger partial charge >= 0.3 is 0 Å². The molecule has 0 heterocycles. The van der Waals surface area contributed by atoms with Crippen LogP contribution in [0, 0.1) is 5.82 Å². The van der Waals surface area contributed by atoms with Gasteiger partial charge in [-0.25, -0.2) is 4.39 Å². The molecule has 0 unspecified atom stereocenters. The molecule has 26 heavy (non-hydrogen) atoms. The molecule has 0 bridgehead atoms. The molecule has 0 aliphatic carbocycles. The fourth-order valence-corrected chi connectivity index (χ4v) is 2.53. The fourth-order valence-electron chi connectivity index (χ4n) is 2.53. The number of hydrogen-bond donors (Lipinski definition) is 1. The van der Waals surface area contributed by atoms with Gasteiger partial charge < -0.3 is 15.0 Å². The lowest BCUT2D eigenvalue weighted by Gasteiger charge is -2.21. The number of methoxy groups -OCH3 is 1. The zero-order valence-electron chi connectivity index (χ0n) is 15.2. The molecule has 0 saturated carbocycles. The van der Waals surface area contributed by atoms with Gasteiger partial charge in [-0.05, 0) is 42.3 Å². The fraction of sp³-hybridized carbons (Fsp3) is 0.300. The summed E-state index contributed by atoms with van der Waals surface area (Å²) in [6, 6.07) is 11.8. The van der Waals surface area contributed by atoms with Crippen molar-refractivity contribution in [1.82, 2.24) is 10.2 Å². The predicted octanol–water partition coefficient (Wildman–Crippen LogP) is 3.13. The maximum atomic E-state index is 13.8. The Morgan fingerprint density at radius 1 is 1.12 bits per heavy atom. The Bertz CT molecular complexity index is 775. The van der Waals surface area contributed by atoms with E-state index >= 15 is 0 Å². The molecule has 138 valence electrons. The Balaban J connectivity index is 2.08. The molecule has 0 saturated heterocycles. The molecular formula is C20H23FN2O3. The Kier molecular flexibility index (Phi) is 6.72. The molecule has 2 aromatic rings. The lowest BCUT2D eigenvalue weighted by molar-refractivity contribution is -0.119. The van der Waals surface area contributed by atoms with Crippen LogP contribution >= 0.6 is 0 Å². The van der Waals surface area contributed by atoms with E-state index in [9.17, 15) is 14.0 Å². The van der Waals surface area contributed by atoms with Crippen molar-refractivity contribution in [2.24, 2.45) is 0 Å². The lowest BCUT2D eigenvalue weighted by atomic mass is 10.1. The van der Waals surface area contributed by atoms with Crippen molar-refractivity contribution in [2.45, 2.75) is 26.9 Å². The molecule has 0 fully saturated rings. The first kappa shape index (κ1) is 19.4. The van der Waals surface area contributed by atoms with Gasteiger partial charge in [0.15, 0.2) is 11.6 Å². The summed E-state index contributed by atoms with van der Waals surface area (Å²) in [6.07, 6.45) is 0. The zero-order valence-corrected chi connectivity index (χ0v) is 15.2. The van der Waals surface area contributed by atoms with Crippen molar-refractivity contribution in [3.8, 4) is 5.75 Å². The molecule has 2 amide bonds. The van der Waals surface area contributed by atoms with E-state index in [0.29, 0.717) is 30.8 Å². The summed E-state index contributed by atoms with van der Waals surface area (Å²) in [6.45, 7) is 4.57. The first-order valence-corrected chi connectivity index (χ1v) is 8.39. The number of nitrogens with one attached hydrogen (secondary N) is 1. The molecule has 5 nitrogen and oxygen atoms in total. The number of carbonyl (C=O) groups excluding carboxylic acids is 2. The van der Waals surface area contributed by atoms with E-state index < -0.39 is 5.82 Å². The van der Waals surface area contributed by atoms with Gasteiger partial charge in [0.1, 0.15) is 0 Å². The molecule has 0 aliphatic rings. The van der Waals surface area contributed by atoms with E-state index in [0.717, 1.165) is 5.56 Å². The smallest absolute Gasteiger partial charge is 0.254 e. The van der Waals surface area contributed by atoms with E-state index in [2.05, 4.69) is 5.32 Å². The third-order valence-electron chi connectivity index (χ3n) is 4.00. The maximum absolute atomic E-state index is 13.8. The second kappa shape index (κ2) is 8.99. The topological polar surface area (TPSA) is 58.6 Å². The highest BCUT2D eigenvalue weighted by molar-refractivity contribution is 5.94. The molecule has 0 atom stereocenters. The van der Waals surface area contributed by atoms with E-state index in [-0.39, 0.29) is 17.6 Å². The average molecular weight is 358 g/mol. The number of amides is 2. The van der Waals surface area contributed by atoms with Crippen LogP contribution in [0.3, 0.4) is 0 Å². The van der Waals surface area contributed by atoms with Crippen LogP contribution in [-0.2, 0) is 17.9 Å². The minimum Gasteiger partial charge on any atom is -0.494 e. The van der Waals surface area contributed by atoms with Gasteiger partial charge in [0.2, 0.25) is 5.91 Å². The van der Waals surface area contributed by atoms with Gasteiger partial charge in [-0.3, -0.25) is 9.59 Å². The monoisotopic (exact) mass is 358 g/mol. The summed E-state index contributed by atoms with van der Waals surface area (Å²) in [5, 5.41) is 2.71. The Morgan fingerprint density at radius 2 is 1.77 bits per heavy atom. The average Bonchev–Trinajstić information content (AvgIpc) is 2.64. The predicted molar refractivity (Wildman–Crippen MR) is 97.3 cm³/mol. The van der Waals surface area contributed by atoms with Crippen LogP contribution in [0.25, 0.3) is 0 Å². The first-order chi connectivity index (χ1) is 12.4. The molecule has 2 rings (SSSR count). The van der Waals surface area contributed by atoms with Gasteiger partial charge in [-0.2, -0.15) is 0 Å². The Morgan fingerprint density at radius 3 is 2.31 bits per heavy atom. The van der Waals surface area contributed by atoms with Gasteiger partial charge in [0, 0.05) is 32.1 Å². The van der Waals surface area contributed by atoms with Crippen molar-refractivity contribution < 1.29 is 18.7 Å². The second-order valence-electron chi connectivity index (χ2n) is 5.89. The van der Waals surface area contributed by atoms with E-state index in [1.54, 1.807) is 29.2 Å². The number of nitrogens with zero attached hydrogens (tertiary/aromatic N) is 1. The van der Waals surface area contributed by atoms with Crippen LogP contribution in [0.5, 0.6) is 5.75 Å². The van der Waals surface area contributed by atoms with Crippen molar-refractivity contribution in [3.63, 3.8) is 0 Å². The molecule has 0 aromatic heterocycles. The molecule has 6 heteroatoms. The maximum Gasteiger partial charge on any atom is 0.254 e. The number of carbonyl (C=O) groups is 2. The summed E-state index contributed by atoms with van der Waals surface area (Å²) in [7, 11) is 1.41. The van der Waals surface area contributed by atoms with Crippen LogP contribution in [0.15, 0.2) is 42.5 Å². The highest BCUT2D eigenvalue weighted by atomic mass is 19.1. The summed E-state index contributed by atoms with van der Waals surface area (Å²) >= 11 is 0. The third kappa shape index (κ3) is 5.05. The number of ether oxygens (including phenoxy) is 1. The highest BCUT2D eigenvalue weighted by Gasteiger charge is 2.15. The van der Waals surface area contributed by atoms with E-state index in [1.807, 2.05) is 19.1 Å². The van der Waals surface area contributed by atoms with Crippen molar-refractivity contribution in [3.05, 3.63) is 65.0 Å². The first-order valence-electron chi connectivity index (χ1n) is 8.39. The lowest BCUT2D eigenvalue weighted by Crippen LogP contribution is -2.30. The van der Waals surface area contributed by atoms with Crippen LogP contribution in [-0.4, -0.2) is 30.4 Å². The Hall–Kier alpha value is -2.89. The van der Waals surface area contributed by atoms with Crippen LogP contribution in [0.1, 0.15) is 35.3 Å². The number of rotatable bonds is 7. The standard InChI is InChI=1S/C20H23FN2O3/c1-4-23(13-16-7-10-19(26-3)18(21)11-16)20(25)17-8-5-15(6-9-17)12-22-14(2)24/h5-11H,4,12-13H2,1-3H3,(H,22,24). The molecule has 0 spiro atoms. The number of hydrogen-bond acceptors (Lipinski definition) is 3. The molecule has 0 aliphatic heterocycles. The quantitative estimate of drug-likeness (QED) is 0.827. The van der Waals surface area contributed by atoms with Gasteiger partial charge in [0.05, 0.1) is 7.11 Å². The molecule has 0 radical (unpaired) electrons.